The van der Waals surface area contributed by atoms with E-state index in [4.69, 9.17) is 4.74 Å². The molecule has 0 aromatic heterocycles. The number of hydrogen-bond acceptors (Lipinski definition) is 4. The van der Waals surface area contributed by atoms with E-state index in [-0.39, 0.29) is 25.2 Å². The van der Waals surface area contributed by atoms with Crippen molar-refractivity contribution >= 4 is 11.9 Å². The number of rotatable bonds is 6. The molecule has 0 bridgehead atoms. The third-order valence-electron chi connectivity index (χ3n) is 5.86. The zero-order valence-corrected chi connectivity index (χ0v) is 18.6. The second-order valence-corrected chi connectivity index (χ2v) is 8.10. The number of benzene rings is 3. The molecular formula is C26H22F4N2O3. The highest BCUT2D eigenvalue weighted by Gasteiger charge is 2.28. The van der Waals surface area contributed by atoms with Gasteiger partial charge in [-0.05, 0) is 29.8 Å². The molecule has 0 spiro atoms. The van der Waals surface area contributed by atoms with Gasteiger partial charge in [-0.1, -0.05) is 42.5 Å². The minimum atomic E-state index is -1.28. The van der Waals surface area contributed by atoms with Crippen LogP contribution in [0.4, 0.5) is 17.6 Å². The van der Waals surface area contributed by atoms with Crippen LogP contribution in [0, 0.1) is 23.3 Å². The predicted octanol–water partition coefficient (Wildman–Crippen LogP) is 4.60. The molecule has 0 N–H and O–H groups in total. The Bertz CT molecular complexity index is 1210. The van der Waals surface area contributed by atoms with Crippen molar-refractivity contribution in [3.05, 3.63) is 107 Å². The molecule has 9 heteroatoms. The third kappa shape index (κ3) is 5.51. The van der Waals surface area contributed by atoms with Gasteiger partial charge in [-0.15, -0.1) is 0 Å². The molecule has 1 saturated heterocycles. The molecule has 3 aromatic carbocycles. The number of carbonyl (C=O) groups is 2. The fourth-order valence-electron chi connectivity index (χ4n) is 3.94. The molecule has 0 aliphatic carbocycles. The summed E-state index contributed by atoms with van der Waals surface area (Å²) in [6.07, 6.45) is -0.783. The predicted molar refractivity (Wildman–Crippen MR) is 120 cm³/mol. The molecule has 3 aromatic rings. The van der Waals surface area contributed by atoms with Gasteiger partial charge in [-0.25, -0.2) is 22.4 Å². The number of piperazine rings is 1. The SMILES string of the molecule is O=C(O[C@H](CN1CCN(C(=O)c2cccc(F)c2F)CC1)c1ccccc1)c1cccc(F)c1F. The Kier molecular flexibility index (Phi) is 7.45. The van der Waals surface area contributed by atoms with Gasteiger partial charge >= 0.3 is 5.97 Å². The molecular weight excluding hydrogens is 464 g/mol. The fraction of sp³-hybridized carbons (Fsp3) is 0.231. The van der Waals surface area contributed by atoms with E-state index < -0.39 is 46.8 Å². The van der Waals surface area contributed by atoms with Crippen molar-refractivity contribution in [2.45, 2.75) is 6.10 Å². The number of hydrogen-bond donors (Lipinski definition) is 0. The zero-order valence-electron chi connectivity index (χ0n) is 18.6. The van der Waals surface area contributed by atoms with Crippen molar-refractivity contribution in [1.82, 2.24) is 9.80 Å². The minimum Gasteiger partial charge on any atom is -0.452 e. The lowest BCUT2D eigenvalue weighted by atomic mass is 10.1. The maximum absolute atomic E-state index is 14.1. The molecule has 1 amide bonds. The van der Waals surface area contributed by atoms with E-state index in [0.29, 0.717) is 18.7 Å². The van der Waals surface area contributed by atoms with Gasteiger partial charge in [-0.3, -0.25) is 9.69 Å². The molecule has 0 unspecified atom stereocenters. The summed E-state index contributed by atoms with van der Waals surface area (Å²) in [4.78, 5) is 28.7. The van der Waals surface area contributed by atoms with Gasteiger partial charge < -0.3 is 9.64 Å². The zero-order chi connectivity index (χ0) is 24.9. The summed E-state index contributed by atoms with van der Waals surface area (Å²) in [7, 11) is 0. The van der Waals surface area contributed by atoms with Crippen LogP contribution in [-0.4, -0.2) is 54.4 Å². The number of esters is 1. The highest BCUT2D eigenvalue weighted by atomic mass is 19.2. The van der Waals surface area contributed by atoms with Crippen molar-refractivity contribution in [3.8, 4) is 0 Å². The molecule has 1 heterocycles. The smallest absolute Gasteiger partial charge is 0.341 e. The Morgan fingerprint density at radius 3 is 1.94 bits per heavy atom. The van der Waals surface area contributed by atoms with E-state index in [1.165, 1.54) is 23.1 Å². The van der Waals surface area contributed by atoms with Crippen LogP contribution in [0.25, 0.3) is 0 Å². The maximum Gasteiger partial charge on any atom is 0.341 e. The summed E-state index contributed by atoms with van der Waals surface area (Å²) in [6.45, 7) is 1.52. The second kappa shape index (κ2) is 10.7. The van der Waals surface area contributed by atoms with Crippen LogP contribution in [-0.2, 0) is 4.74 Å². The van der Waals surface area contributed by atoms with Crippen LogP contribution < -0.4 is 0 Å². The van der Waals surface area contributed by atoms with Gasteiger partial charge in [0.05, 0.1) is 11.1 Å². The number of nitrogens with zero attached hydrogens (tertiary/aromatic N) is 2. The molecule has 4 rings (SSSR count). The van der Waals surface area contributed by atoms with Gasteiger partial charge in [0.2, 0.25) is 0 Å². The summed E-state index contributed by atoms with van der Waals surface area (Å²) < 4.78 is 60.8. The molecule has 1 aliphatic rings. The van der Waals surface area contributed by atoms with Crippen LogP contribution in [0.5, 0.6) is 0 Å². The molecule has 5 nitrogen and oxygen atoms in total. The van der Waals surface area contributed by atoms with Crippen molar-refractivity contribution in [3.63, 3.8) is 0 Å². The Morgan fingerprint density at radius 1 is 0.743 bits per heavy atom. The lowest BCUT2D eigenvalue weighted by molar-refractivity contribution is 0.0134. The lowest BCUT2D eigenvalue weighted by Gasteiger charge is -2.36. The highest BCUT2D eigenvalue weighted by molar-refractivity contribution is 5.94. The van der Waals surface area contributed by atoms with Crippen molar-refractivity contribution in [2.24, 2.45) is 0 Å². The van der Waals surface area contributed by atoms with E-state index in [2.05, 4.69) is 0 Å². The van der Waals surface area contributed by atoms with Crippen LogP contribution in [0.3, 0.4) is 0 Å². The first-order valence-electron chi connectivity index (χ1n) is 11.0. The van der Waals surface area contributed by atoms with E-state index in [0.717, 1.165) is 18.2 Å². The van der Waals surface area contributed by atoms with Crippen LogP contribution in [0.15, 0.2) is 66.7 Å². The summed E-state index contributed by atoms with van der Waals surface area (Å²) in [6, 6.07) is 15.6. The van der Waals surface area contributed by atoms with Crippen LogP contribution in [0.2, 0.25) is 0 Å². The van der Waals surface area contributed by atoms with Gasteiger partial charge in [0.1, 0.15) is 6.10 Å². The molecule has 0 radical (unpaired) electrons. The third-order valence-corrected chi connectivity index (χ3v) is 5.86. The first kappa shape index (κ1) is 24.4. The Morgan fingerprint density at radius 2 is 1.31 bits per heavy atom. The quantitative estimate of drug-likeness (QED) is 0.378. The number of carbonyl (C=O) groups excluding carboxylic acids is 2. The summed E-state index contributed by atoms with van der Waals surface area (Å²) in [5.41, 5.74) is -0.164. The highest BCUT2D eigenvalue weighted by Crippen LogP contribution is 2.23. The number of halogens is 4. The summed E-state index contributed by atoms with van der Waals surface area (Å²) in [5.74, 6) is -6.29. The summed E-state index contributed by atoms with van der Waals surface area (Å²) >= 11 is 0. The first-order chi connectivity index (χ1) is 16.8. The van der Waals surface area contributed by atoms with Gasteiger partial charge in [-0.2, -0.15) is 0 Å². The standard InChI is InChI=1S/C26H22F4N2O3/c27-20-10-4-8-18(23(20)29)25(33)32-14-12-31(13-15-32)16-22(17-6-2-1-3-7-17)35-26(34)19-9-5-11-21(28)24(19)30/h1-11,22H,12-16H2/t22-/m1/s1. The van der Waals surface area contributed by atoms with E-state index >= 15 is 0 Å². The fourth-order valence-corrected chi connectivity index (χ4v) is 3.94. The Labute approximate surface area is 199 Å². The van der Waals surface area contributed by atoms with Crippen LogP contribution >= 0.6 is 0 Å². The Hall–Kier alpha value is -3.72. The summed E-state index contributed by atoms with van der Waals surface area (Å²) in [5, 5.41) is 0. The van der Waals surface area contributed by atoms with Gasteiger partial charge in [0.15, 0.2) is 23.3 Å². The first-order valence-corrected chi connectivity index (χ1v) is 11.0. The lowest BCUT2D eigenvalue weighted by Crippen LogP contribution is -2.50. The monoisotopic (exact) mass is 486 g/mol. The van der Waals surface area contributed by atoms with Crippen LogP contribution in [0.1, 0.15) is 32.4 Å². The van der Waals surface area contributed by atoms with E-state index in [1.807, 2.05) is 4.90 Å². The molecule has 0 saturated carbocycles. The molecule has 1 fully saturated rings. The number of ether oxygens (including phenoxy) is 1. The average Bonchev–Trinajstić information content (AvgIpc) is 2.87. The topological polar surface area (TPSA) is 49.9 Å². The van der Waals surface area contributed by atoms with E-state index in [9.17, 15) is 27.2 Å². The van der Waals surface area contributed by atoms with Crippen molar-refractivity contribution in [2.75, 3.05) is 32.7 Å². The van der Waals surface area contributed by atoms with E-state index in [1.54, 1.807) is 30.3 Å². The molecule has 1 atom stereocenters. The second-order valence-electron chi connectivity index (χ2n) is 8.10. The number of amides is 1. The Balaban J connectivity index is 1.44. The molecule has 1 aliphatic heterocycles. The maximum atomic E-state index is 14.1. The average molecular weight is 486 g/mol. The largest absolute Gasteiger partial charge is 0.452 e. The van der Waals surface area contributed by atoms with Gasteiger partial charge in [0, 0.05) is 32.7 Å². The van der Waals surface area contributed by atoms with Crippen molar-refractivity contribution < 1.29 is 31.9 Å². The minimum absolute atomic E-state index is 0.239. The molecule has 35 heavy (non-hydrogen) atoms. The van der Waals surface area contributed by atoms with Gasteiger partial charge in [0.25, 0.3) is 5.91 Å². The normalized spacial score (nSPS) is 15.0. The van der Waals surface area contributed by atoms with Crippen molar-refractivity contribution in [1.29, 1.82) is 0 Å². The molecule has 182 valence electrons.